The monoisotopic (exact) mass is 425 g/mol. The van der Waals surface area contributed by atoms with E-state index in [0.717, 1.165) is 11.1 Å². The van der Waals surface area contributed by atoms with Gasteiger partial charge in [0.25, 0.3) is 5.91 Å². The van der Waals surface area contributed by atoms with Crippen LogP contribution in [0.15, 0.2) is 54.6 Å². The maximum atomic E-state index is 13.1. The lowest BCUT2D eigenvalue weighted by molar-refractivity contribution is -0.163. The summed E-state index contributed by atoms with van der Waals surface area (Å²) in [6, 6.07) is 13.2. The first kappa shape index (κ1) is 22.5. The molecule has 0 N–H and O–H groups in total. The molecule has 6 heteroatoms. The molecule has 0 atom stereocenters. The minimum atomic E-state index is -1.11. The van der Waals surface area contributed by atoms with Gasteiger partial charge in [0, 0.05) is 18.7 Å². The summed E-state index contributed by atoms with van der Waals surface area (Å²) in [5.74, 6) is -0.313. The molecule has 0 radical (unpaired) electrons. The first-order chi connectivity index (χ1) is 14.7. The zero-order chi connectivity index (χ0) is 22.6. The van der Waals surface area contributed by atoms with Crippen LogP contribution in [0.5, 0.6) is 5.75 Å². The van der Waals surface area contributed by atoms with E-state index in [9.17, 15) is 14.0 Å². The zero-order valence-electron chi connectivity index (χ0n) is 18.4. The van der Waals surface area contributed by atoms with Crippen molar-refractivity contribution in [1.82, 2.24) is 4.90 Å². The average Bonchev–Trinajstić information content (AvgIpc) is 2.73. The van der Waals surface area contributed by atoms with Crippen molar-refractivity contribution >= 4 is 17.4 Å². The third-order valence-electron chi connectivity index (χ3n) is 5.00. The van der Waals surface area contributed by atoms with Crippen LogP contribution in [0, 0.1) is 5.82 Å². The second kappa shape index (κ2) is 9.33. The Bertz CT molecular complexity index is 979. The molecule has 0 fully saturated rings. The van der Waals surface area contributed by atoms with Crippen LogP contribution in [0.25, 0.3) is 5.57 Å². The minimum Gasteiger partial charge on any atom is -0.476 e. The van der Waals surface area contributed by atoms with Gasteiger partial charge in [0.05, 0.1) is 6.10 Å². The Hall–Kier alpha value is -3.15. The van der Waals surface area contributed by atoms with Gasteiger partial charge in [0.1, 0.15) is 11.6 Å². The first-order valence-electron chi connectivity index (χ1n) is 10.4. The number of halogens is 1. The fraction of sp³-hybridized carbons (Fsp3) is 0.360. The van der Waals surface area contributed by atoms with Crippen LogP contribution in [0.1, 0.15) is 50.0 Å². The van der Waals surface area contributed by atoms with E-state index in [0.29, 0.717) is 30.8 Å². The first-order valence-corrected chi connectivity index (χ1v) is 10.4. The highest BCUT2D eigenvalue weighted by Crippen LogP contribution is 2.28. The number of nitrogens with zero attached hydrogens (tertiary/aromatic N) is 1. The Kier molecular flexibility index (Phi) is 6.78. The highest BCUT2D eigenvalue weighted by Gasteiger charge is 2.32. The van der Waals surface area contributed by atoms with Crippen molar-refractivity contribution < 1.29 is 23.5 Å². The van der Waals surface area contributed by atoms with Crippen LogP contribution >= 0.6 is 0 Å². The van der Waals surface area contributed by atoms with Crippen molar-refractivity contribution in [2.75, 3.05) is 13.1 Å². The molecule has 0 unspecified atom stereocenters. The van der Waals surface area contributed by atoms with Gasteiger partial charge in [0.15, 0.2) is 5.60 Å². The number of carbonyl (C=O) groups excluding carboxylic acids is 2. The molecule has 0 spiro atoms. The molecule has 1 aliphatic heterocycles. The van der Waals surface area contributed by atoms with Crippen LogP contribution in [0.4, 0.5) is 4.39 Å². The van der Waals surface area contributed by atoms with Crippen LogP contribution < -0.4 is 4.74 Å². The summed E-state index contributed by atoms with van der Waals surface area (Å²) in [5.41, 5.74) is 1.46. The molecule has 1 aliphatic rings. The quantitative estimate of drug-likeness (QED) is 0.620. The summed E-state index contributed by atoms with van der Waals surface area (Å²) in [5, 5.41) is 0. The number of rotatable bonds is 6. The molecule has 2 aromatic carbocycles. The molecule has 3 rings (SSSR count). The highest BCUT2D eigenvalue weighted by atomic mass is 19.1. The van der Waals surface area contributed by atoms with Gasteiger partial charge in [-0.05, 0) is 81.7 Å². The molecule has 0 aliphatic carbocycles. The van der Waals surface area contributed by atoms with Crippen molar-refractivity contribution in [3.63, 3.8) is 0 Å². The van der Waals surface area contributed by atoms with Gasteiger partial charge in [-0.15, -0.1) is 0 Å². The van der Waals surface area contributed by atoms with E-state index in [1.54, 1.807) is 32.6 Å². The second-order valence-electron chi connectivity index (χ2n) is 8.33. The summed E-state index contributed by atoms with van der Waals surface area (Å²) in [4.78, 5) is 26.6. The van der Waals surface area contributed by atoms with E-state index in [-0.39, 0.29) is 17.8 Å². The lowest BCUT2D eigenvalue weighted by Crippen LogP contribution is -2.40. The Balaban J connectivity index is 1.68. The van der Waals surface area contributed by atoms with Crippen LogP contribution in [-0.2, 0) is 9.53 Å². The number of benzene rings is 2. The number of hydrogen-bond acceptors (Lipinski definition) is 4. The smallest absolute Gasteiger partial charge is 0.350 e. The van der Waals surface area contributed by atoms with Crippen molar-refractivity contribution in [2.24, 2.45) is 0 Å². The molecule has 31 heavy (non-hydrogen) atoms. The van der Waals surface area contributed by atoms with Crippen molar-refractivity contribution in [3.8, 4) is 5.75 Å². The van der Waals surface area contributed by atoms with Gasteiger partial charge in [-0.1, -0.05) is 18.2 Å². The fourth-order valence-electron chi connectivity index (χ4n) is 3.34. The lowest BCUT2D eigenvalue weighted by atomic mass is 9.98. The summed E-state index contributed by atoms with van der Waals surface area (Å²) in [6.45, 7) is 8.01. The Morgan fingerprint density at radius 3 is 2.42 bits per heavy atom. The number of carbonyl (C=O) groups is 2. The minimum absolute atomic E-state index is 0.113. The molecule has 2 aromatic rings. The Morgan fingerprint density at radius 2 is 1.81 bits per heavy atom. The van der Waals surface area contributed by atoms with Crippen molar-refractivity contribution in [1.29, 1.82) is 0 Å². The van der Waals surface area contributed by atoms with Crippen LogP contribution in [-0.4, -0.2) is 41.6 Å². The SMILES string of the molecule is CC(C)OC(=O)C(C)(C)Oc1cccc(C2=CCN(C(=O)c3ccc(F)cc3)CC2)c1. The number of esters is 1. The summed E-state index contributed by atoms with van der Waals surface area (Å²) in [7, 11) is 0. The van der Waals surface area contributed by atoms with E-state index in [2.05, 4.69) is 0 Å². The van der Waals surface area contributed by atoms with E-state index in [4.69, 9.17) is 9.47 Å². The second-order valence-corrected chi connectivity index (χ2v) is 8.33. The molecule has 0 aromatic heterocycles. The topological polar surface area (TPSA) is 55.8 Å². The van der Waals surface area contributed by atoms with E-state index in [1.807, 2.05) is 30.3 Å². The van der Waals surface area contributed by atoms with E-state index in [1.165, 1.54) is 24.3 Å². The molecule has 1 heterocycles. The van der Waals surface area contributed by atoms with Gasteiger partial charge >= 0.3 is 5.97 Å². The van der Waals surface area contributed by atoms with Crippen molar-refractivity contribution in [3.05, 3.63) is 71.6 Å². The molecule has 1 amide bonds. The average molecular weight is 426 g/mol. The third-order valence-corrected chi connectivity index (χ3v) is 5.00. The van der Waals surface area contributed by atoms with E-state index >= 15 is 0 Å². The summed E-state index contributed by atoms with van der Waals surface area (Å²) >= 11 is 0. The lowest BCUT2D eigenvalue weighted by Gasteiger charge is -2.28. The molecule has 5 nitrogen and oxygen atoms in total. The predicted octanol–water partition coefficient (Wildman–Crippen LogP) is 4.86. The normalized spacial score (nSPS) is 14.3. The largest absolute Gasteiger partial charge is 0.476 e. The molecule has 0 saturated heterocycles. The van der Waals surface area contributed by atoms with Gasteiger partial charge in [-0.2, -0.15) is 0 Å². The van der Waals surface area contributed by atoms with E-state index < -0.39 is 11.6 Å². The zero-order valence-corrected chi connectivity index (χ0v) is 18.4. The number of amides is 1. The predicted molar refractivity (Wildman–Crippen MR) is 117 cm³/mol. The molecular formula is C25H28FNO4. The third kappa shape index (κ3) is 5.72. The number of ether oxygens (including phenoxy) is 2. The van der Waals surface area contributed by atoms with Gasteiger partial charge in [-0.3, -0.25) is 4.79 Å². The fourth-order valence-corrected chi connectivity index (χ4v) is 3.34. The highest BCUT2D eigenvalue weighted by molar-refractivity contribution is 5.94. The summed E-state index contributed by atoms with van der Waals surface area (Å²) in [6.07, 6.45) is 2.49. The maximum absolute atomic E-state index is 13.1. The van der Waals surface area contributed by atoms with Crippen LogP contribution in [0.3, 0.4) is 0 Å². The van der Waals surface area contributed by atoms with Gasteiger partial charge in [0.2, 0.25) is 0 Å². The Morgan fingerprint density at radius 1 is 1.10 bits per heavy atom. The standard InChI is InChI=1S/C25H28FNO4/c1-17(2)30-24(29)25(3,4)31-22-7-5-6-20(16-22)18-12-14-27(15-13-18)23(28)19-8-10-21(26)11-9-19/h5-12,16-17H,13-15H2,1-4H3. The molecular weight excluding hydrogens is 397 g/mol. The molecule has 0 saturated carbocycles. The molecule has 0 bridgehead atoms. The van der Waals surface area contributed by atoms with Crippen molar-refractivity contribution in [2.45, 2.75) is 45.8 Å². The number of hydrogen-bond donors (Lipinski definition) is 0. The van der Waals surface area contributed by atoms with Crippen LogP contribution in [0.2, 0.25) is 0 Å². The molecule has 164 valence electrons. The summed E-state index contributed by atoms with van der Waals surface area (Å²) < 4.78 is 24.3. The van der Waals surface area contributed by atoms with Gasteiger partial charge in [-0.25, -0.2) is 9.18 Å². The Labute approximate surface area is 182 Å². The van der Waals surface area contributed by atoms with Gasteiger partial charge < -0.3 is 14.4 Å². The maximum Gasteiger partial charge on any atom is 0.350 e.